The van der Waals surface area contributed by atoms with Crippen LogP contribution < -0.4 is 0 Å². The average Bonchev–Trinajstić information content (AvgIpc) is 2.60. The first-order valence-electron chi connectivity index (χ1n) is 9.81. The van der Waals surface area contributed by atoms with Crippen molar-refractivity contribution in [2.75, 3.05) is 19.7 Å². The van der Waals surface area contributed by atoms with Crippen molar-refractivity contribution in [3.63, 3.8) is 0 Å². The Labute approximate surface area is 143 Å². The molecule has 0 heterocycles. The molecule has 0 aromatic rings. The smallest absolute Gasteiger partial charge is 0.330 e. The van der Waals surface area contributed by atoms with Gasteiger partial charge < -0.3 is 9.64 Å². The molecule has 134 valence electrons. The van der Waals surface area contributed by atoms with Crippen LogP contribution in [0.1, 0.15) is 84.0 Å². The van der Waals surface area contributed by atoms with Crippen molar-refractivity contribution in [1.82, 2.24) is 4.90 Å². The Hall–Kier alpha value is -0.830. The van der Waals surface area contributed by atoms with Crippen molar-refractivity contribution >= 4 is 5.97 Å². The summed E-state index contributed by atoms with van der Waals surface area (Å²) in [5, 5.41) is 0. The molecular weight excluding hydrogens is 286 g/mol. The molecule has 3 nitrogen and oxygen atoms in total. The van der Waals surface area contributed by atoms with Gasteiger partial charge in [-0.25, -0.2) is 4.79 Å². The number of ether oxygens (including phenoxy) is 1. The molecule has 0 N–H and O–H groups in total. The maximum Gasteiger partial charge on any atom is 0.330 e. The Morgan fingerprint density at radius 1 is 1.04 bits per heavy atom. The molecule has 0 aromatic carbocycles. The van der Waals surface area contributed by atoms with Crippen LogP contribution in [-0.2, 0) is 9.53 Å². The molecule has 0 atom stereocenters. The zero-order valence-electron chi connectivity index (χ0n) is 15.2. The van der Waals surface area contributed by atoms with E-state index in [1.54, 1.807) is 0 Å². The van der Waals surface area contributed by atoms with Crippen LogP contribution >= 0.6 is 0 Å². The summed E-state index contributed by atoms with van der Waals surface area (Å²) in [6.07, 6.45) is 17.2. The molecule has 0 saturated heterocycles. The molecule has 1 rings (SSSR count). The van der Waals surface area contributed by atoms with E-state index in [0.717, 1.165) is 19.0 Å². The van der Waals surface area contributed by atoms with Gasteiger partial charge in [0.05, 0.1) is 6.61 Å². The molecule has 0 bridgehead atoms. The highest BCUT2D eigenvalue weighted by atomic mass is 16.5. The molecule has 3 heteroatoms. The fraction of sp³-hybridized carbons (Fsp3) is 0.850. The van der Waals surface area contributed by atoms with Crippen LogP contribution in [0, 0.1) is 0 Å². The third-order valence-corrected chi connectivity index (χ3v) is 4.89. The van der Waals surface area contributed by atoms with E-state index in [0.29, 0.717) is 6.61 Å². The van der Waals surface area contributed by atoms with E-state index in [2.05, 4.69) is 18.4 Å². The number of rotatable bonds is 13. The normalized spacial score (nSPS) is 15.7. The zero-order valence-corrected chi connectivity index (χ0v) is 15.2. The van der Waals surface area contributed by atoms with Crippen LogP contribution in [0.4, 0.5) is 0 Å². The lowest BCUT2D eigenvalue weighted by Gasteiger charge is -2.34. The molecule has 0 aliphatic heterocycles. The van der Waals surface area contributed by atoms with E-state index < -0.39 is 0 Å². The molecule has 1 fully saturated rings. The molecule has 0 aromatic heterocycles. The van der Waals surface area contributed by atoms with Crippen molar-refractivity contribution < 1.29 is 9.53 Å². The number of hydrogen-bond donors (Lipinski definition) is 0. The highest BCUT2D eigenvalue weighted by Gasteiger charge is 2.20. The second-order valence-electron chi connectivity index (χ2n) is 6.82. The van der Waals surface area contributed by atoms with Gasteiger partial charge in [-0.3, -0.25) is 0 Å². The van der Waals surface area contributed by atoms with Gasteiger partial charge in [0.25, 0.3) is 0 Å². The van der Waals surface area contributed by atoms with Gasteiger partial charge in [0.1, 0.15) is 0 Å². The number of carbonyl (C=O) groups excluding carboxylic acids is 1. The second-order valence-corrected chi connectivity index (χ2v) is 6.82. The number of carbonyl (C=O) groups is 1. The van der Waals surface area contributed by atoms with Crippen LogP contribution in [0.5, 0.6) is 0 Å². The van der Waals surface area contributed by atoms with E-state index in [4.69, 9.17) is 4.74 Å². The molecular formula is C20H37NO2. The summed E-state index contributed by atoms with van der Waals surface area (Å²) >= 11 is 0. The summed E-state index contributed by atoms with van der Waals surface area (Å²) < 4.78 is 5.12. The van der Waals surface area contributed by atoms with Gasteiger partial charge in [-0.05, 0) is 32.2 Å². The van der Waals surface area contributed by atoms with Gasteiger partial charge in [-0.1, -0.05) is 64.9 Å². The summed E-state index contributed by atoms with van der Waals surface area (Å²) in [5.41, 5.74) is 0. The second kappa shape index (κ2) is 13.6. The number of nitrogens with zero attached hydrogens (tertiary/aromatic N) is 1. The predicted octanol–water partition coefficient (Wildman–Crippen LogP) is 5.10. The van der Waals surface area contributed by atoms with Crippen molar-refractivity contribution in [1.29, 1.82) is 0 Å². The topological polar surface area (TPSA) is 29.5 Å². The SMILES string of the molecule is C=CC(=O)OCCCN(CCCCCCCC)C1CCCCC1. The molecule has 1 saturated carbocycles. The van der Waals surface area contributed by atoms with Crippen LogP contribution in [0.15, 0.2) is 12.7 Å². The summed E-state index contributed by atoms with van der Waals surface area (Å²) in [5.74, 6) is -0.301. The average molecular weight is 324 g/mol. The minimum Gasteiger partial charge on any atom is -0.462 e. The van der Waals surface area contributed by atoms with Gasteiger partial charge in [-0.15, -0.1) is 0 Å². The molecule has 1 aliphatic carbocycles. The fourth-order valence-electron chi connectivity index (χ4n) is 3.52. The maximum absolute atomic E-state index is 11.1. The third kappa shape index (κ3) is 9.80. The Bertz CT molecular complexity index is 311. The molecule has 0 spiro atoms. The van der Waals surface area contributed by atoms with E-state index in [1.165, 1.54) is 83.2 Å². The van der Waals surface area contributed by atoms with Gasteiger partial charge >= 0.3 is 5.97 Å². The molecule has 1 aliphatic rings. The van der Waals surface area contributed by atoms with Crippen molar-refractivity contribution in [2.45, 2.75) is 90.0 Å². The van der Waals surface area contributed by atoms with Crippen LogP contribution in [0.3, 0.4) is 0 Å². The lowest BCUT2D eigenvalue weighted by molar-refractivity contribution is -0.137. The minimum atomic E-state index is -0.301. The Balaban J connectivity index is 2.24. The summed E-state index contributed by atoms with van der Waals surface area (Å²) in [6, 6.07) is 0.759. The highest BCUT2D eigenvalue weighted by Crippen LogP contribution is 2.23. The number of esters is 1. The monoisotopic (exact) mass is 323 g/mol. The van der Waals surface area contributed by atoms with Crippen LogP contribution in [0.25, 0.3) is 0 Å². The maximum atomic E-state index is 11.1. The lowest BCUT2D eigenvalue weighted by atomic mass is 9.94. The third-order valence-electron chi connectivity index (χ3n) is 4.89. The van der Waals surface area contributed by atoms with Gasteiger partial charge in [0.15, 0.2) is 0 Å². The fourth-order valence-corrected chi connectivity index (χ4v) is 3.52. The quantitative estimate of drug-likeness (QED) is 0.268. The number of hydrogen-bond acceptors (Lipinski definition) is 3. The van der Waals surface area contributed by atoms with E-state index >= 15 is 0 Å². The Morgan fingerprint density at radius 2 is 1.70 bits per heavy atom. The van der Waals surface area contributed by atoms with E-state index in [9.17, 15) is 4.79 Å². The van der Waals surface area contributed by atoms with Gasteiger partial charge in [-0.2, -0.15) is 0 Å². The minimum absolute atomic E-state index is 0.301. The lowest BCUT2D eigenvalue weighted by Crippen LogP contribution is -2.38. The van der Waals surface area contributed by atoms with Crippen molar-refractivity contribution in [3.8, 4) is 0 Å². The highest BCUT2D eigenvalue weighted by molar-refractivity contribution is 5.81. The van der Waals surface area contributed by atoms with Crippen LogP contribution in [-0.4, -0.2) is 36.6 Å². The molecule has 0 radical (unpaired) electrons. The summed E-state index contributed by atoms with van der Waals surface area (Å²) in [6.45, 7) is 8.49. The first-order chi connectivity index (χ1) is 11.3. The zero-order chi connectivity index (χ0) is 16.8. The predicted molar refractivity (Wildman–Crippen MR) is 97.6 cm³/mol. The Morgan fingerprint density at radius 3 is 2.39 bits per heavy atom. The standard InChI is InChI=1S/C20H37NO2/c1-3-5-6-7-8-12-16-21(19-14-10-9-11-15-19)17-13-18-23-20(22)4-2/h4,19H,2-3,5-18H2,1H3. The van der Waals surface area contributed by atoms with Gasteiger partial charge in [0, 0.05) is 18.7 Å². The molecule has 23 heavy (non-hydrogen) atoms. The summed E-state index contributed by atoms with van der Waals surface area (Å²) in [4.78, 5) is 13.8. The first kappa shape index (κ1) is 20.2. The number of unbranched alkanes of at least 4 members (excludes halogenated alkanes) is 5. The van der Waals surface area contributed by atoms with E-state index in [1.807, 2.05) is 0 Å². The van der Waals surface area contributed by atoms with Crippen molar-refractivity contribution in [3.05, 3.63) is 12.7 Å². The first-order valence-corrected chi connectivity index (χ1v) is 9.81. The summed E-state index contributed by atoms with van der Waals surface area (Å²) in [7, 11) is 0. The van der Waals surface area contributed by atoms with Crippen LogP contribution in [0.2, 0.25) is 0 Å². The Kier molecular flexibility index (Phi) is 11.9. The van der Waals surface area contributed by atoms with E-state index in [-0.39, 0.29) is 5.97 Å². The largest absolute Gasteiger partial charge is 0.462 e. The van der Waals surface area contributed by atoms with Crippen molar-refractivity contribution in [2.24, 2.45) is 0 Å². The van der Waals surface area contributed by atoms with Gasteiger partial charge in [0.2, 0.25) is 0 Å². The molecule has 0 amide bonds. The molecule has 0 unspecified atom stereocenters.